The van der Waals surface area contributed by atoms with Gasteiger partial charge < -0.3 is 15.2 Å². The zero-order valence-electron chi connectivity index (χ0n) is 8.95. The van der Waals surface area contributed by atoms with Crippen LogP contribution in [-0.4, -0.2) is 36.4 Å². The van der Waals surface area contributed by atoms with Gasteiger partial charge in [-0.05, 0) is 18.8 Å². The highest BCUT2D eigenvalue weighted by atomic mass is 16.5. The third-order valence-electron chi connectivity index (χ3n) is 3.33. The van der Waals surface area contributed by atoms with Crippen molar-refractivity contribution in [1.29, 1.82) is 0 Å². The number of esters is 1. The van der Waals surface area contributed by atoms with E-state index in [0.717, 1.165) is 0 Å². The molecule has 0 spiro atoms. The number of carbonyl (C=O) groups is 1. The summed E-state index contributed by atoms with van der Waals surface area (Å²) in [5.41, 5.74) is 0. The van der Waals surface area contributed by atoms with Gasteiger partial charge in [-0.2, -0.15) is 0 Å². The predicted octanol–water partition coefficient (Wildman–Crippen LogP) is 0.443. The molecular weight excluding hydrogens is 194 g/mol. The highest BCUT2D eigenvalue weighted by molar-refractivity contribution is 5.76. The summed E-state index contributed by atoms with van der Waals surface area (Å²) in [6, 6.07) is -0.290. The van der Waals surface area contributed by atoms with Crippen LogP contribution in [0.4, 0.5) is 0 Å². The minimum absolute atomic E-state index is 0.196. The van der Waals surface area contributed by atoms with Gasteiger partial charge in [0.05, 0.1) is 12.7 Å². The van der Waals surface area contributed by atoms with E-state index >= 15 is 0 Å². The number of aliphatic hydroxyl groups is 1. The molecule has 15 heavy (non-hydrogen) atoms. The van der Waals surface area contributed by atoms with Gasteiger partial charge >= 0.3 is 5.97 Å². The fraction of sp³-hybridized carbons (Fsp3) is 0.909. The molecule has 0 aromatic rings. The number of ether oxygens (including phenoxy) is 1. The highest BCUT2D eigenvalue weighted by Gasteiger charge is 2.29. The number of β-amino-alcohol motifs (C(OH)–C–C–N with tert-alkyl or cyclic N) is 1. The Bertz CT molecular complexity index is 226. The second-order valence-electron chi connectivity index (χ2n) is 4.63. The molecule has 0 aromatic carbocycles. The van der Waals surface area contributed by atoms with Gasteiger partial charge in [-0.1, -0.05) is 12.8 Å². The van der Waals surface area contributed by atoms with Gasteiger partial charge in [0.25, 0.3) is 0 Å². The molecule has 1 aliphatic carbocycles. The Labute approximate surface area is 90.0 Å². The van der Waals surface area contributed by atoms with Crippen molar-refractivity contribution in [3.63, 3.8) is 0 Å². The summed E-state index contributed by atoms with van der Waals surface area (Å²) in [6.45, 7) is 1.07. The zero-order chi connectivity index (χ0) is 10.7. The maximum atomic E-state index is 11.6. The van der Waals surface area contributed by atoms with Gasteiger partial charge in [-0.15, -0.1) is 0 Å². The lowest BCUT2D eigenvalue weighted by molar-refractivity contribution is -0.147. The van der Waals surface area contributed by atoms with Crippen molar-refractivity contribution < 1.29 is 14.6 Å². The van der Waals surface area contributed by atoms with Gasteiger partial charge in [0.15, 0.2) is 0 Å². The van der Waals surface area contributed by atoms with Crippen LogP contribution in [0.5, 0.6) is 0 Å². The molecule has 0 aromatic heterocycles. The first-order valence-corrected chi connectivity index (χ1v) is 5.84. The Morgan fingerprint density at radius 2 is 2.13 bits per heavy atom. The number of hydrogen-bond acceptors (Lipinski definition) is 4. The Balaban J connectivity index is 1.67. The topological polar surface area (TPSA) is 58.6 Å². The van der Waals surface area contributed by atoms with E-state index in [2.05, 4.69) is 5.32 Å². The smallest absolute Gasteiger partial charge is 0.323 e. The summed E-state index contributed by atoms with van der Waals surface area (Å²) in [6.07, 6.45) is 5.01. The molecule has 0 amide bonds. The first kappa shape index (κ1) is 10.9. The minimum Gasteiger partial charge on any atom is -0.464 e. The third kappa shape index (κ3) is 2.92. The molecule has 0 radical (unpaired) electrons. The summed E-state index contributed by atoms with van der Waals surface area (Å²) < 4.78 is 5.25. The van der Waals surface area contributed by atoms with Crippen molar-refractivity contribution in [2.75, 3.05) is 13.2 Å². The first-order valence-electron chi connectivity index (χ1n) is 5.84. The molecular formula is C11H19NO3. The summed E-state index contributed by atoms with van der Waals surface area (Å²) in [5, 5.41) is 12.2. The lowest BCUT2D eigenvalue weighted by atomic mass is 10.1. The quantitative estimate of drug-likeness (QED) is 0.668. The Morgan fingerprint density at radius 3 is 2.73 bits per heavy atom. The van der Waals surface area contributed by atoms with Crippen molar-refractivity contribution in [3.05, 3.63) is 0 Å². The molecule has 1 heterocycles. The Kier molecular flexibility index (Phi) is 3.59. The van der Waals surface area contributed by atoms with Crippen LogP contribution >= 0.6 is 0 Å². The van der Waals surface area contributed by atoms with Crippen LogP contribution in [0.2, 0.25) is 0 Å². The summed E-state index contributed by atoms with van der Waals surface area (Å²) >= 11 is 0. The van der Waals surface area contributed by atoms with Crippen LogP contribution in [0.15, 0.2) is 0 Å². The molecule has 2 rings (SSSR count). The van der Waals surface area contributed by atoms with E-state index in [1.54, 1.807) is 0 Å². The lowest BCUT2D eigenvalue weighted by Crippen LogP contribution is -2.33. The molecule has 2 fully saturated rings. The van der Waals surface area contributed by atoms with E-state index in [1.165, 1.54) is 25.7 Å². The molecule has 2 N–H and O–H groups in total. The standard InChI is InChI=1S/C11H19NO3/c13-9-5-10(12-6-9)11(14)15-7-8-3-1-2-4-8/h8-10,12-13H,1-7H2/t9-,10-/m1/s1. The molecule has 86 valence electrons. The van der Waals surface area contributed by atoms with E-state index in [0.29, 0.717) is 25.5 Å². The summed E-state index contributed by atoms with van der Waals surface area (Å²) in [4.78, 5) is 11.6. The average molecular weight is 213 g/mol. The van der Waals surface area contributed by atoms with Crippen LogP contribution < -0.4 is 5.32 Å². The van der Waals surface area contributed by atoms with Crippen LogP contribution in [0.3, 0.4) is 0 Å². The van der Waals surface area contributed by atoms with Gasteiger partial charge in [-0.25, -0.2) is 0 Å². The van der Waals surface area contributed by atoms with Crippen LogP contribution in [0.1, 0.15) is 32.1 Å². The average Bonchev–Trinajstić information content (AvgIpc) is 2.84. The fourth-order valence-electron chi connectivity index (χ4n) is 2.37. The van der Waals surface area contributed by atoms with Gasteiger partial charge in [-0.3, -0.25) is 4.79 Å². The molecule has 2 aliphatic rings. The largest absolute Gasteiger partial charge is 0.464 e. The monoisotopic (exact) mass is 213 g/mol. The Hall–Kier alpha value is -0.610. The summed E-state index contributed by atoms with van der Waals surface area (Å²) in [7, 11) is 0. The lowest BCUT2D eigenvalue weighted by Gasteiger charge is -2.13. The Morgan fingerprint density at radius 1 is 1.40 bits per heavy atom. The van der Waals surface area contributed by atoms with E-state index in [4.69, 9.17) is 4.74 Å². The first-order chi connectivity index (χ1) is 7.25. The van der Waals surface area contributed by atoms with Crippen molar-refractivity contribution in [2.24, 2.45) is 5.92 Å². The zero-order valence-corrected chi connectivity index (χ0v) is 8.95. The van der Waals surface area contributed by atoms with Crippen LogP contribution in [0.25, 0.3) is 0 Å². The number of hydrogen-bond donors (Lipinski definition) is 2. The van der Waals surface area contributed by atoms with Gasteiger partial charge in [0.2, 0.25) is 0 Å². The van der Waals surface area contributed by atoms with Crippen molar-refractivity contribution >= 4 is 5.97 Å². The minimum atomic E-state index is -0.394. The van der Waals surface area contributed by atoms with Gasteiger partial charge in [0, 0.05) is 13.0 Å². The number of nitrogens with one attached hydrogen (secondary N) is 1. The number of rotatable bonds is 3. The molecule has 0 bridgehead atoms. The van der Waals surface area contributed by atoms with E-state index in [1.807, 2.05) is 0 Å². The predicted molar refractivity (Wildman–Crippen MR) is 55.3 cm³/mol. The van der Waals surface area contributed by atoms with E-state index in [9.17, 15) is 9.90 Å². The SMILES string of the molecule is O=C(OCC1CCCC1)[C@H]1C[C@@H](O)CN1. The summed E-state index contributed by atoms with van der Waals surface area (Å²) in [5.74, 6) is 0.374. The normalized spacial score (nSPS) is 32.1. The molecule has 4 heteroatoms. The van der Waals surface area contributed by atoms with Gasteiger partial charge in [0.1, 0.15) is 6.04 Å². The molecule has 4 nitrogen and oxygen atoms in total. The molecule has 1 saturated heterocycles. The number of aliphatic hydroxyl groups excluding tert-OH is 1. The van der Waals surface area contributed by atoms with E-state index < -0.39 is 6.10 Å². The third-order valence-corrected chi connectivity index (χ3v) is 3.33. The van der Waals surface area contributed by atoms with Crippen molar-refractivity contribution in [3.8, 4) is 0 Å². The van der Waals surface area contributed by atoms with Crippen molar-refractivity contribution in [1.82, 2.24) is 5.32 Å². The van der Waals surface area contributed by atoms with Crippen LogP contribution in [0, 0.1) is 5.92 Å². The maximum Gasteiger partial charge on any atom is 0.323 e. The molecule has 1 aliphatic heterocycles. The van der Waals surface area contributed by atoms with E-state index in [-0.39, 0.29) is 12.0 Å². The van der Waals surface area contributed by atoms with Crippen LogP contribution in [-0.2, 0) is 9.53 Å². The second-order valence-corrected chi connectivity index (χ2v) is 4.63. The molecule has 0 unspecified atom stereocenters. The maximum absolute atomic E-state index is 11.6. The highest BCUT2D eigenvalue weighted by Crippen LogP contribution is 2.24. The fourth-order valence-corrected chi connectivity index (χ4v) is 2.37. The molecule has 1 saturated carbocycles. The second kappa shape index (κ2) is 4.94. The molecule has 2 atom stereocenters. The van der Waals surface area contributed by atoms with Crippen molar-refractivity contribution in [2.45, 2.75) is 44.2 Å². The number of carbonyl (C=O) groups excluding carboxylic acids is 1.